The highest BCUT2D eigenvalue weighted by Gasteiger charge is 2.30. The number of hydrogen-bond acceptors (Lipinski definition) is 5. The molecule has 0 unspecified atom stereocenters. The molecule has 1 saturated carbocycles. The molecular formula is C25H40N2O3. The second-order valence-corrected chi connectivity index (χ2v) is 9.84. The lowest BCUT2D eigenvalue weighted by Gasteiger charge is -2.37. The Hall–Kier alpha value is -1.75. The first-order valence-electron chi connectivity index (χ1n) is 11.7. The minimum atomic E-state index is -0.0950. The van der Waals surface area contributed by atoms with Gasteiger partial charge in [-0.05, 0) is 68.2 Å². The van der Waals surface area contributed by atoms with Gasteiger partial charge < -0.3 is 14.4 Å². The van der Waals surface area contributed by atoms with Crippen molar-refractivity contribution in [1.29, 1.82) is 0 Å². The normalized spacial score (nSPS) is 23.3. The molecule has 1 aliphatic carbocycles. The molecule has 1 heterocycles. The van der Waals surface area contributed by atoms with Crippen LogP contribution in [0.3, 0.4) is 0 Å². The van der Waals surface area contributed by atoms with Crippen molar-refractivity contribution in [2.75, 3.05) is 44.2 Å². The first kappa shape index (κ1) is 22.9. The van der Waals surface area contributed by atoms with Crippen LogP contribution in [0, 0.1) is 11.3 Å². The smallest absolute Gasteiger partial charge is 0.307 e. The molecule has 0 bridgehead atoms. The summed E-state index contributed by atoms with van der Waals surface area (Å²) in [5.74, 6) is 1.71. The van der Waals surface area contributed by atoms with Crippen LogP contribution >= 0.6 is 0 Å². The Bertz CT molecular complexity index is 652. The number of anilines is 1. The summed E-state index contributed by atoms with van der Waals surface area (Å²) in [7, 11) is 0. The van der Waals surface area contributed by atoms with Crippen molar-refractivity contribution in [3.63, 3.8) is 0 Å². The van der Waals surface area contributed by atoms with Gasteiger partial charge in [0.1, 0.15) is 5.75 Å². The molecular weight excluding hydrogens is 376 g/mol. The van der Waals surface area contributed by atoms with Crippen LogP contribution in [0.1, 0.15) is 59.8 Å². The third-order valence-corrected chi connectivity index (χ3v) is 6.71. The van der Waals surface area contributed by atoms with Gasteiger partial charge in [0.05, 0.1) is 19.1 Å². The molecule has 1 aromatic carbocycles. The van der Waals surface area contributed by atoms with Gasteiger partial charge in [0.2, 0.25) is 0 Å². The highest BCUT2D eigenvalue weighted by Crippen LogP contribution is 2.38. The van der Waals surface area contributed by atoms with Gasteiger partial charge >= 0.3 is 5.97 Å². The van der Waals surface area contributed by atoms with Gasteiger partial charge in [-0.2, -0.15) is 0 Å². The number of carbonyl (C=O) groups is 1. The number of rotatable bonds is 7. The van der Waals surface area contributed by atoms with E-state index < -0.39 is 0 Å². The summed E-state index contributed by atoms with van der Waals surface area (Å²) in [6.45, 7) is 14.1. The number of benzene rings is 1. The van der Waals surface area contributed by atoms with Crippen molar-refractivity contribution < 1.29 is 14.3 Å². The van der Waals surface area contributed by atoms with Gasteiger partial charge in [0.25, 0.3) is 0 Å². The lowest BCUT2D eigenvalue weighted by Crippen LogP contribution is -2.47. The van der Waals surface area contributed by atoms with Crippen molar-refractivity contribution in [2.45, 2.75) is 65.9 Å². The number of ether oxygens (including phenoxy) is 2. The van der Waals surface area contributed by atoms with Crippen LogP contribution in [0.4, 0.5) is 5.69 Å². The number of hydrogen-bond donors (Lipinski definition) is 0. The molecule has 1 aromatic rings. The lowest BCUT2D eigenvalue weighted by molar-refractivity contribution is -0.143. The lowest BCUT2D eigenvalue weighted by atomic mass is 9.72. The van der Waals surface area contributed by atoms with E-state index in [9.17, 15) is 4.79 Å². The Kier molecular flexibility index (Phi) is 8.04. The van der Waals surface area contributed by atoms with Crippen LogP contribution in [0.5, 0.6) is 5.75 Å². The van der Waals surface area contributed by atoms with E-state index in [-0.39, 0.29) is 5.97 Å². The van der Waals surface area contributed by atoms with Crippen LogP contribution in [0.25, 0.3) is 0 Å². The molecule has 0 atom stereocenters. The zero-order valence-electron chi connectivity index (χ0n) is 19.4. The molecule has 1 aliphatic heterocycles. The standard InChI is InChI=1S/C25H40N2O3/c1-5-29-24(28)14-15-26-16-18-27(19-17-26)21-8-12-23(13-9-21)30-22-10-6-20(7-11-22)25(2,3)4/h8-9,12-13,20,22H,5-7,10-11,14-19H2,1-4H3. The maximum atomic E-state index is 11.5. The monoisotopic (exact) mass is 416 g/mol. The molecule has 5 nitrogen and oxygen atoms in total. The highest BCUT2D eigenvalue weighted by molar-refractivity contribution is 5.69. The van der Waals surface area contributed by atoms with Gasteiger partial charge in [-0.1, -0.05) is 20.8 Å². The quantitative estimate of drug-likeness (QED) is 0.600. The first-order chi connectivity index (χ1) is 14.3. The van der Waals surface area contributed by atoms with Gasteiger partial charge in [-0.25, -0.2) is 0 Å². The maximum absolute atomic E-state index is 11.5. The summed E-state index contributed by atoms with van der Waals surface area (Å²) in [4.78, 5) is 16.3. The predicted octanol–water partition coefficient (Wildman–Crippen LogP) is 4.75. The van der Waals surface area contributed by atoms with Crippen LogP contribution in [0.2, 0.25) is 0 Å². The van der Waals surface area contributed by atoms with Crippen LogP contribution in [-0.2, 0) is 9.53 Å². The van der Waals surface area contributed by atoms with Gasteiger partial charge in [0.15, 0.2) is 0 Å². The molecule has 1 saturated heterocycles. The zero-order valence-corrected chi connectivity index (χ0v) is 19.4. The highest BCUT2D eigenvalue weighted by atomic mass is 16.5. The van der Waals surface area contributed by atoms with Crippen molar-refractivity contribution in [2.24, 2.45) is 11.3 Å². The molecule has 0 radical (unpaired) electrons. The molecule has 5 heteroatoms. The average Bonchev–Trinajstić information content (AvgIpc) is 2.73. The minimum absolute atomic E-state index is 0.0950. The minimum Gasteiger partial charge on any atom is -0.490 e. The summed E-state index contributed by atoms with van der Waals surface area (Å²) in [6, 6.07) is 8.62. The molecule has 2 aliphatic rings. The SMILES string of the molecule is CCOC(=O)CCN1CCN(c2ccc(OC3CCC(C(C)(C)C)CC3)cc2)CC1. The second-order valence-electron chi connectivity index (χ2n) is 9.84. The summed E-state index contributed by atoms with van der Waals surface area (Å²) in [5.41, 5.74) is 1.67. The Balaban J connectivity index is 1.40. The summed E-state index contributed by atoms with van der Waals surface area (Å²) in [5, 5.41) is 0. The Labute approximate surface area is 182 Å². The Morgan fingerprint density at radius 2 is 1.63 bits per heavy atom. The van der Waals surface area contributed by atoms with Crippen molar-refractivity contribution in [3.8, 4) is 5.75 Å². The molecule has 0 spiro atoms. The molecule has 168 valence electrons. The van der Waals surface area contributed by atoms with Crippen molar-refractivity contribution in [1.82, 2.24) is 4.90 Å². The van der Waals surface area contributed by atoms with Gasteiger partial charge in [-0.15, -0.1) is 0 Å². The van der Waals surface area contributed by atoms with E-state index in [1.807, 2.05) is 6.92 Å². The van der Waals surface area contributed by atoms with Crippen molar-refractivity contribution in [3.05, 3.63) is 24.3 Å². The Morgan fingerprint density at radius 3 is 2.20 bits per heavy atom. The van der Waals surface area contributed by atoms with Crippen molar-refractivity contribution >= 4 is 11.7 Å². The van der Waals surface area contributed by atoms with E-state index in [4.69, 9.17) is 9.47 Å². The number of piperazine rings is 1. The summed E-state index contributed by atoms with van der Waals surface area (Å²) < 4.78 is 11.3. The molecule has 30 heavy (non-hydrogen) atoms. The van der Waals surface area contributed by atoms with E-state index in [0.717, 1.165) is 57.2 Å². The van der Waals surface area contributed by atoms with E-state index in [1.54, 1.807) is 0 Å². The molecule has 0 N–H and O–H groups in total. The number of esters is 1. The van der Waals surface area contributed by atoms with E-state index in [2.05, 4.69) is 54.8 Å². The molecule has 0 amide bonds. The third kappa shape index (κ3) is 6.63. The van der Waals surface area contributed by atoms with Crippen LogP contribution in [-0.4, -0.2) is 56.3 Å². The molecule has 3 rings (SSSR count). The number of nitrogens with zero attached hydrogens (tertiary/aromatic N) is 2. The largest absolute Gasteiger partial charge is 0.490 e. The molecule has 2 fully saturated rings. The van der Waals surface area contributed by atoms with Crippen LogP contribution in [0.15, 0.2) is 24.3 Å². The molecule has 0 aromatic heterocycles. The Morgan fingerprint density at radius 1 is 1.00 bits per heavy atom. The van der Waals surface area contributed by atoms with E-state index in [1.165, 1.54) is 18.5 Å². The zero-order chi connectivity index (χ0) is 21.6. The average molecular weight is 417 g/mol. The van der Waals surface area contributed by atoms with E-state index in [0.29, 0.717) is 24.5 Å². The van der Waals surface area contributed by atoms with Gasteiger partial charge in [-0.3, -0.25) is 9.69 Å². The fourth-order valence-corrected chi connectivity index (χ4v) is 4.69. The predicted molar refractivity (Wildman–Crippen MR) is 122 cm³/mol. The fourth-order valence-electron chi connectivity index (χ4n) is 4.69. The summed E-state index contributed by atoms with van der Waals surface area (Å²) >= 11 is 0. The van der Waals surface area contributed by atoms with E-state index >= 15 is 0 Å². The maximum Gasteiger partial charge on any atom is 0.307 e. The first-order valence-corrected chi connectivity index (χ1v) is 11.7. The third-order valence-electron chi connectivity index (χ3n) is 6.71. The second kappa shape index (κ2) is 10.5. The summed E-state index contributed by atoms with van der Waals surface area (Å²) in [6.07, 6.45) is 5.71. The van der Waals surface area contributed by atoms with Gasteiger partial charge in [0, 0.05) is 38.4 Å². The number of carbonyl (C=O) groups excluding carboxylic acids is 1. The van der Waals surface area contributed by atoms with Crippen LogP contribution < -0.4 is 9.64 Å². The topological polar surface area (TPSA) is 42.0 Å². The fraction of sp³-hybridized carbons (Fsp3) is 0.720.